The maximum atomic E-state index is 5.75. The third kappa shape index (κ3) is 3.28. The van der Waals surface area contributed by atoms with Crippen molar-refractivity contribution < 1.29 is 9.47 Å². The van der Waals surface area contributed by atoms with Crippen molar-refractivity contribution in [1.29, 1.82) is 0 Å². The number of rotatable bonds is 3. The summed E-state index contributed by atoms with van der Waals surface area (Å²) >= 11 is 0. The molecule has 0 aromatic carbocycles. The molecular formula is C11H22O2. The van der Waals surface area contributed by atoms with Gasteiger partial charge < -0.3 is 9.47 Å². The Labute approximate surface area is 81.6 Å². The Bertz CT molecular complexity index is 163. The summed E-state index contributed by atoms with van der Waals surface area (Å²) in [6.07, 6.45) is 1.04. The lowest BCUT2D eigenvalue weighted by Gasteiger charge is -2.20. The van der Waals surface area contributed by atoms with Crippen molar-refractivity contribution in [3.63, 3.8) is 0 Å². The number of hydrogen-bond acceptors (Lipinski definition) is 2. The predicted molar refractivity (Wildman–Crippen MR) is 53.5 cm³/mol. The van der Waals surface area contributed by atoms with Crippen molar-refractivity contribution in [2.75, 3.05) is 6.61 Å². The maximum Gasteiger partial charge on any atom is 0.158 e. The van der Waals surface area contributed by atoms with Gasteiger partial charge in [-0.15, -0.1) is 0 Å². The second kappa shape index (κ2) is 3.97. The topological polar surface area (TPSA) is 18.5 Å². The van der Waals surface area contributed by atoms with E-state index < -0.39 is 0 Å². The van der Waals surface area contributed by atoms with Gasteiger partial charge in [0.25, 0.3) is 0 Å². The van der Waals surface area contributed by atoms with Crippen LogP contribution >= 0.6 is 0 Å². The van der Waals surface area contributed by atoms with E-state index in [4.69, 9.17) is 9.47 Å². The van der Waals surface area contributed by atoms with Crippen molar-refractivity contribution in [2.45, 2.75) is 52.9 Å². The van der Waals surface area contributed by atoms with E-state index in [0.29, 0.717) is 11.8 Å². The van der Waals surface area contributed by atoms with Crippen LogP contribution in [0.4, 0.5) is 0 Å². The Morgan fingerprint density at radius 1 is 1.31 bits per heavy atom. The second-order valence-corrected chi connectivity index (χ2v) is 5.08. The standard InChI is InChI=1S/C11H22O2/c1-8(2)9(3)6-10-12-7-11(4,5)13-10/h8-10H,6-7H2,1-5H3. The van der Waals surface area contributed by atoms with Crippen molar-refractivity contribution >= 4 is 0 Å². The van der Waals surface area contributed by atoms with Gasteiger partial charge in [-0.2, -0.15) is 0 Å². The summed E-state index contributed by atoms with van der Waals surface area (Å²) in [7, 11) is 0. The van der Waals surface area contributed by atoms with E-state index in [1.54, 1.807) is 0 Å². The largest absolute Gasteiger partial charge is 0.350 e. The molecule has 0 bridgehead atoms. The minimum Gasteiger partial charge on any atom is -0.350 e. The van der Waals surface area contributed by atoms with Gasteiger partial charge >= 0.3 is 0 Å². The van der Waals surface area contributed by atoms with E-state index in [2.05, 4.69) is 34.6 Å². The molecule has 2 atom stereocenters. The van der Waals surface area contributed by atoms with Gasteiger partial charge in [-0.1, -0.05) is 20.8 Å². The van der Waals surface area contributed by atoms with Crippen LogP contribution in [0.25, 0.3) is 0 Å². The van der Waals surface area contributed by atoms with E-state index in [1.807, 2.05) is 0 Å². The average Bonchev–Trinajstić information content (AvgIpc) is 2.30. The van der Waals surface area contributed by atoms with Gasteiger partial charge in [0.15, 0.2) is 6.29 Å². The SMILES string of the molecule is CC(C)C(C)CC1OCC(C)(C)O1. The molecular weight excluding hydrogens is 164 g/mol. The summed E-state index contributed by atoms with van der Waals surface area (Å²) < 4.78 is 11.3. The minimum atomic E-state index is -0.0820. The predicted octanol–water partition coefficient (Wildman–Crippen LogP) is 2.82. The molecule has 0 radical (unpaired) electrons. The van der Waals surface area contributed by atoms with Crippen LogP contribution in [0, 0.1) is 11.8 Å². The van der Waals surface area contributed by atoms with Crippen LogP contribution in [0.5, 0.6) is 0 Å². The summed E-state index contributed by atoms with van der Waals surface area (Å²) in [5.41, 5.74) is -0.0820. The van der Waals surface area contributed by atoms with Gasteiger partial charge in [-0.05, 0) is 25.7 Å². The molecule has 0 aromatic rings. The first-order valence-corrected chi connectivity index (χ1v) is 5.20. The summed E-state index contributed by atoms with van der Waals surface area (Å²) in [6, 6.07) is 0. The first-order chi connectivity index (χ1) is 5.91. The quantitative estimate of drug-likeness (QED) is 0.674. The van der Waals surface area contributed by atoms with E-state index in [-0.39, 0.29) is 11.9 Å². The highest BCUT2D eigenvalue weighted by Gasteiger charge is 2.33. The molecule has 2 heteroatoms. The fourth-order valence-electron chi connectivity index (χ4n) is 1.41. The molecule has 0 spiro atoms. The van der Waals surface area contributed by atoms with Gasteiger partial charge in [0.1, 0.15) is 0 Å². The lowest BCUT2D eigenvalue weighted by Crippen LogP contribution is -2.24. The fraction of sp³-hybridized carbons (Fsp3) is 1.00. The van der Waals surface area contributed by atoms with Crippen LogP contribution in [0.1, 0.15) is 41.0 Å². The average molecular weight is 186 g/mol. The summed E-state index contributed by atoms with van der Waals surface area (Å²) in [6.45, 7) is 11.6. The van der Waals surface area contributed by atoms with Crippen LogP contribution in [-0.2, 0) is 9.47 Å². The van der Waals surface area contributed by atoms with Gasteiger partial charge in [0, 0.05) is 6.42 Å². The van der Waals surface area contributed by atoms with Gasteiger partial charge in [0.2, 0.25) is 0 Å². The molecule has 0 saturated carbocycles. The van der Waals surface area contributed by atoms with E-state index in [1.165, 1.54) is 0 Å². The Hall–Kier alpha value is -0.0800. The maximum absolute atomic E-state index is 5.75. The zero-order valence-corrected chi connectivity index (χ0v) is 9.46. The summed E-state index contributed by atoms with van der Waals surface area (Å²) in [4.78, 5) is 0. The lowest BCUT2D eigenvalue weighted by molar-refractivity contribution is -0.0918. The number of ether oxygens (including phenoxy) is 2. The Balaban J connectivity index is 2.32. The van der Waals surface area contributed by atoms with Crippen molar-refractivity contribution in [3.8, 4) is 0 Å². The summed E-state index contributed by atoms with van der Waals surface area (Å²) in [5.74, 6) is 1.37. The monoisotopic (exact) mass is 186 g/mol. The molecule has 78 valence electrons. The van der Waals surface area contributed by atoms with E-state index >= 15 is 0 Å². The highest BCUT2D eigenvalue weighted by atomic mass is 16.7. The third-order valence-electron chi connectivity index (χ3n) is 2.77. The molecule has 1 aliphatic rings. The molecule has 1 rings (SSSR count). The third-order valence-corrected chi connectivity index (χ3v) is 2.77. The molecule has 2 nitrogen and oxygen atoms in total. The lowest BCUT2D eigenvalue weighted by atomic mass is 9.94. The Morgan fingerprint density at radius 3 is 2.31 bits per heavy atom. The first kappa shape index (κ1) is 11.0. The minimum absolute atomic E-state index is 0.0207. The molecule has 1 heterocycles. The zero-order chi connectivity index (χ0) is 10.1. The smallest absolute Gasteiger partial charge is 0.158 e. The first-order valence-electron chi connectivity index (χ1n) is 5.20. The molecule has 1 fully saturated rings. The van der Waals surface area contributed by atoms with E-state index in [9.17, 15) is 0 Å². The Kier molecular flexibility index (Phi) is 3.36. The Morgan fingerprint density at radius 2 is 1.92 bits per heavy atom. The molecule has 0 aromatic heterocycles. The van der Waals surface area contributed by atoms with Crippen LogP contribution < -0.4 is 0 Å². The van der Waals surface area contributed by atoms with Gasteiger partial charge in [-0.25, -0.2) is 0 Å². The van der Waals surface area contributed by atoms with Crippen molar-refractivity contribution in [1.82, 2.24) is 0 Å². The van der Waals surface area contributed by atoms with Crippen LogP contribution in [0.3, 0.4) is 0 Å². The molecule has 2 unspecified atom stereocenters. The fourth-order valence-corrected chi connectivity index (χ4v) is 1.41. The molecule has 0 N–H and O–H groups in total. The summed E-state index contributed by atoms with van der Waals surface area (Å²) in [5, 5.41) is 0. The van der Waals surface area contributed by atoms with Crippen LogP contribution in [-0.4, -0.2) is 18.5 Å². The molecule has 0 aliphatic carbocycles. The second-order valence-electron chi connectivity index (χ2n) is 5.08. The van der Waals surface area contributed by atoms with Crippen LogP contribution in [0.2, 0.25) is 0 Å². The highest BCUT2D eigenvalue weighted by Crippen LogP contribution is 2.27. The zero-order valence-electron chi connectivity index (χ0n) is 9.46. The normalized spacial score (nSPS) is 29.5. The highest BCUT2D eigenvalue weighted by molar-refractivity contribution is 4.75. The number of hydrogen-bond donors (Lipinski definition) is 0. The molecule has 1 aliphatic heterocycles. The van der Waals surface area contributed by atoms with Gasteiger partial charge in [-0.3, -0.25) is 0 Å². The molecule has 1 saturated heterocycles. The molecule has 0 amide bonds. The van der Waals surface area contributed by atoms with Crippen molar-refractivity contribution in [3.05, 3.63) is 0 Å². The van der Waals surface area contributed by atoms with Crippen LogP contribution in [0.15, 0.2) is 0 Å². The van der Waals surface area contributed by atoms with Gasteiger partial charge in [0.05, 0.1) is 12.2 Å². The van der Waals surface area contributed by atoms with E-state index in [0.717, 1.165) is 13.0 Å². The molecule has 13 heavy (non-hydrogen) atoms. The van der Waals surface area contributed by atoms with Crippen molar-refractivity contribution in [2.24, 2.45) is 11.8 Å².